The van der Waals surface area contributed by atoms with Gasteiger partial charge in [0, 0.05) is 5.69 Å². The molecule has 3 rings (SSSR count). The number of halogens is 1. The minimum Gasteiger partial charge on any atom is -0.326 e. The lowest BCUT2D eigenvalue weighted by Crippen LogP contribution is -2.24. The quantitative estimate of drug-likeness (QED) is 0.773. The van der Waals surface area contributed by atoms with E-state index in [2.05, 4.69) is 31.3 Å². The molecule has 1 atom stereocenters. The van der Waals surface area contributed by atoms with E-state index in [-0.39, 0.29) is 16.7 Å². The Kier molecular flexibility index (Phi) is 4.00. The fourth-order valence-corrected chi connectivity index (χ4v) is 4.66. The first kappa shape index (κ1) is 14.9. The van der Waals surface area contributed by atoms with E-state index in [1.54, 1.807) is 0 Å². The molecule has 1 amide bonds. The van der Waals surface area contributed by atoms with Crippen LogP contribution in [0.4, 0.5) is 5.69 Å². The van der Waals surface area contributed by atoms with E-state index in [9.17, 15) is 4.79 Å². The predicted octanol–water partition coefficient (Wildman–Crippen LogP) is 5.07. The summed E-state index contributed by atoms with van der Waals surface area (Å²) in [6, 6.07) is 6.26. The molecule has 0 radical (unpaired) electrons. The SMILES string of the molecule is CC(C)CC1(C(Cl)c2ccc3c(c2)CC(=O)N3)CCCC1. The topological polar surface area (TPSA) is 29.1 Å². The monoisotopic (exact) mass is 305 g/mol. The van der Waals surface area contributed by atoms with Crippen LogP contribution in [0.5, 0.6) is 0 Å². The second-order valence-corrected chi connectivity index (χ2v) is 7.61. The molecule has 0 aromatic heterocycles. The summed E-state index contributed by atoms with van der Waals surface area (Å²) in [6.45, 7) is 4.57. The number of benzene rings is 1. The van der Waals surface area contributed by atoms with Crippen molar-refractivity contribution in [3.63, 3.8) is 0 Å². The summed E-state index contributed by atoms with van der Waals surface area (Å²) >= 11 is 6.95. The summed E-state index contributed by atoms with van der Waals surface area (Å²) in [5.41, 5.74) is 3.48. The van der Waals surface area contributed by atoms with Crippen molar-refractivity contribution < 1.29 is 4.79 Å². The number of hydrogen-bond acceptors (Lipinski definition) is 1. The van der Waals surface area contributed by atoms with E-state index in [0.29, 0.717) is 12.3 Å². The third-order valence-corrected chi connectivity index (χ3v) is 5.71. The van der Waals surface area contributed by atoms with Gasteiger partial charge in [-0.1, -0.05) is 38.8 Å². The number of alkyl halides is 1. The molecule has 1 heterocycles. The number of nitrogens with one attached hydrogen (secondary N) is 1. The average Bonchev–Trinajstić information content (AvgIpc) is 3.02. The van der Waals surface area contributed by atoms with Gasteiger partial charge in [0.05, 0.1) is 11.8 Å². The zero-order valence-electron chi connectivity index (χ0n) is 12.9. The van der Waals surface area contributed by atoms with Crippen LogP contribution in [0.3, 0.4) is 0 Å². The van der Waals surface area contributed by atoms with E-state index in [0.717, 1.165) is 11.3 Å². The number of rotatable bonds is 4. The highest BCUT2D eigenvalue weighted by atomic mass is 35.5. The number of fused-ring (bicyclic) bond motifs is 1. The average molecular weight is 306 g/mol. The Morgan fingerprint density at radius 3 is 2.67 bits per heavy atom. The van der Waals surface area contributed by atoms with Crippen molar-refractivity contribution in [2.24, 2.45) is 11.3 Å². The maximum absolute atomic E-state index is 11.5. The zero-order valence-corrected chi connectivity index (χ0v) is 13.7. The largest absolute Gasteiger partial charge is 0.326 e. The molecular formula is C18H24ClNO. The second kappa shape index (κ2) is 5.64. The minimum atomic E-state index is 0.0587. The Balaban J connectivity index is 1.88. The molecule has 1 aromatic rings. The summed E-state index contributed by atoms with van der Waals surface area (Å²) in [5, 5.41) is 2.95. The lowest BCUT2D eigenvalue weighted by atomic mass is 9.73. The van der Waals surface area contributed by atoms with Crippen LogP contribution in [0.25, 0.3) is 0 Å². The van der Waals surface area contributed by atoms with E-state index in [4.69, 9.17) is 11.6 Å². The lowest BCUT2D eigenvalue weighted by molar-refractivity contribution is -0.115. The first-order chi connectivity index (χ1) is 10.00. The summed E-state index contributed by atoms with van der Waals surface area (Å²) in [6.07, 6.45) is 6.72. The van der Waals surface area contributed by atoms with Crippen molar-refractivity contribution in [3.8, 4) is 0 Å². The number of hydrogen-bond donors (Lipinski definition) is 1. The van der Waals surface area contributed by atoms with E-state index >= 15 is 0 Å². The Bertz CT molecular complexity index is 546. The first-order valence-corrected chi connectivity index (χ1v) is 8.50. The molecule has 21 heavy (non-hydrogen) atoms. The van der Waals surface area contributed by atoms with Crippen molar-refractivity contribution >= 4 is 23.2 Å². The van der Waals surface area contributed by atoms with Gasteiger partial charge in [-0.05, 0) is 47.8 Å². The van der Waals surface area contributed by atoms with Crippen LogP contribution in [-0.2, 0) is 11.2 Å². The molecule has 1 aliphatic carbocycles. The highest BCUT2D eigenvalue weighted by molar-refractivity contribution is 6.21. The van der Waals surface area contributed by atoms with Crippen LogP contribution in [-0.4, -0.2) is 5.91 Å². The number of anilines is 1. The normalized spacial score (nSPS) is 21.4. The van der Waals surface area contributed by atoms with Crippen LogP contribution in [0, 0.1) is 11.3 Å². The van der Waals surface area contributed by atoms with Gasteiger partial charge in [0.15, 0.2) is 0 Å². The molecule has 1 aromatic carbocycles. The smallest absolute Gasteiger partial charge is 0.228 e. The fourth-order valence-electron chi connectivity index (χ4n) is 4.21. The molecule has 1 fully saturated rings. The van der Waals surface area contributed by atoms with Gasteiger partial charge in [0.25, 0.3) is 0 Å². The molecule has 1 aliphatic heterocycles. The van der Waals surface area contributed by atoms with Gasteiger partial charge >= 0.3 is 0 Å². The van der Waals surface area contributed by atoms with Crippen LogP contribution < -0.4 is 5.32 Å². The molecule has 0 bridgehead atoms. The summed E-state index contributed by atoms with van der Waals surface area (Å²) < 4.78 is 0. The molecule has 0 saturated heterocycles. The molecule has 2 aliphatic rings. The molecule has 3 heteroatoms. The summed E-state index contributed by atoms with van der Waals surface area (Å²) in [5.74, 6) is 0.757. The Labute approximate surface area is 132 Å². The molecule has 114 valence electrons. The van der Waals surface area contributed by atoms with Crippen LogP contribution in [0.15, 0.2) is 18.2 Å². The van der Waals surface area contributed by atoms with Crippen molar-refractivity contribution in [1.82, 2.24) is 0 Å². The van der Waals surface area contributed by atoms with E-state index in [1.807, 2.05) is 6.07 Å². The maximum atomic E-state index is 11.5. The van der Waals surface area contributed by atoms with Crippen molar-refractivity contribution in [3.05, 3.63) is 29.3 Å². The Hall–Kier alpha value is -1.02. The van der Waals surface area contributed by atoms with Crippen LogP contribution in [0.1, 0.15) is 62.5 Å². The van der Waals surface area contributed by atoms with E-state index < -0.39 is 0 Å². The standard InChI is InChI=1S/C18H24ClNO/c1-12(2)11-18(7-3-4-8-18)17(19)13-5-6-15-14(9-13)10-16(21)20-15/h5-6,9,12,17H,3-4,7-8,10-11H2,1-2H3,(H,20,21). The van der Waals surface area contributed by atoms with Gasteiger partial charge in [-0.25, -0.2) is 0 Å². The molecule has 1 saturated carbocycles. The molecule has 2 nitrogen and oxygen atoms in total. The van der Waals surface area contributed by atoms with E-state index in [1.165, 1.54) is 37.7 Å². The number of carbonyl (C=O) groups excluding carboxylic acids is 1. The second-order valence-electron chi connectivity index (χ2n) is 7.17. The third-order valence-electron chi connectivity index (χ3n) is 5.00. The van der Waals surface area contributed by atoms with Gasteiger partial charge in [0.2, 0.25) is 5.91 Å². The van der Waals surface area contributed by atoms with Crippen molar-refractivity contribution in [2.75, 3.05) is 5.32 Å². The lowest BCUT2D eigenvalue weighted by Gasteiger charge is -2.36. The zero-order chi connectivity index (χ0) is 15.0. The Morgan fingerprint density at radius 2 is 2.00 bits per heavy atom. The number of carbonyl (C=O) groups is 1. The van der Waals surface area contributed by atoms with Gasteiger partial charge in [-0.3, -0.25) is 4.79 Å². The predicted molar refractivity (Wildman–Crippen MR) is 87.7 cm³/mol. The number of amides is 1. The van der Waals surface area contributed by atoms with Gasteiger partial charge in [0.1, 0.15) is 0 Å². The molecule has 1 unspecified atom stereocenters. The van der Waals surface area contributed by atoms with Crippen molar-refractivity contribution in [1.29, 1.82) is 0 Å². The highest BCUT2D eigenvalue weighted by Crippen LogP contribution is 2.54. The minimum absolute atomic E-state index is 0.0587. The maximum Gasteiger partial charge on any atom is 0.228 e. The van der Waals surface area contributed by atoms with Gasteiger partial charge < -0.3 is 5.32 Å². The van der Waals surface area contributed by atoms with Crippen LogP contribution in [0.2, 0.25) is 0 Å². The molecule has 0 spiro atoms. The van der Waals surface area contributed by atoms with Gasteiger partial charge in [-0.2, -0.15) is 0 Å². The summed E-state index contributed by atoms with van der Waals surface area (Å²) in [4.78, 5) is 11.5. The first-order valence-electron chi connectivity index (χ1n) is 8.07. The fraction of sp³-hybridized carbons (Fsp3) is 0.611. The van der Waals surface area contributed by atoms with Crippen LogP contribution >= 0.6 is 11.6 Å². The van der Waals surface area contributed by atoms with Crippen molar-refractivity contribution in [2.45, 2.75) is 57.7 Å². The molecular weight excluding hydrogens is 282 g/mol. The van der Waals surface area contributed by atoms with Gasteiger partial charge in [-0.15, -0.1) is 11.6 Å². The molecule has 1 N–H and O–H groups in total. The Morgan fingerprint density at radius 1 is 1.29 bits per heavy atom. The highest BCUT2D eigenvalue weighted by Gasteiger charge is 2.41. The third kappa shape index (κ3) is 2.83. The summed E-state index contributed by atoms with van der Waals surface area (Å²) in [7, 11) is 0.